The van der Waals surface area contributed by atoms with Crippen LogP contribution in [-0.2, 0) is 0 Å². The lowest BCUT2D eigenvalue weighted by Gasteiger charge is -1.97. The van der Waals surface area contributed by atoms with Gasteiger partial charge in [0, 0.05) is 4.47 Å². The Balaban J connectivity index is 2.32. The number of rotatable bonds is 3. The summed E-state index contributed by atoms with van der Waals surface area (Å²) in [6, 6.07) is 12.4. The minimum Gasteiger partial charge on any atom is -0.461 e. The Morgan fingerprint density at radius 1 is 1.28 bits per heavy atom. The molecule has 0 saturated carbocycles. The quantitative estimate of drug-likeness (QED) is 0.492. The van der Waals surface area contributed by atoms with Gasteiger partial charge in [-0.25, -0.2) is 0 Å². The maximum absolute atomic E-state index is 11.9. The lowest BCUT2D eigenvalue weighted by Crippen LogP contribution is -1.99. The maximum atomic E-state index is 11.9. The molecule has 1 aromatic carbocycles. The number of benzene rings is 1. The molecule has 0 spiro atoms. The lowest BCUT2D eigenvalue weighted by molar-refractivity contribution is 0.101. The normalized spacial score (nSPS) is 11.0. The molecular weight excluding hydrogens is 294 g/mol. The van der Waals surface area contributed by atoms with E-state index in [4.69, 9.17) is 9.68 Å². The van der Waals surface area contributed by atoms with Crippen molar-refractivity contribution in [2.75, 3.05) is 0 Å². The zero-order valence-electron chi connectivity index (χ0n) is 9.26. The summed E-state index contributed by atoms with van der Waals surface area (Å²) in [5, 5.41) is 9.02. The number of hydrogen-bond donors (Lipinski definition) is 0. The highest BCUT2D eigenvalue weighted by atomic mass is 79.9. The Hall–Kier alpha value is -2.12. The highest BCUT2D eigenvalue weighted by Crippen LogP contribution is 2.15. The van der Waals surface area contributed by atoms with E-state index in [1.165, 1.54) is 18.4 Å². The fourth-order valence-corrected chi connectivity index (χ4v) is 1.68. The fraction of sp³-hybridized carbons (Fsp3) is 0. The number of nitrogens with zero attached hydrogens (tertiary/aromatic N) is 1. The first-order chi connectivity index (χ1) is 8.70. The second-order valence-electron chi connectivity index (χ2n) is 3.53. The monoisotopic (exact) mass is 301 g/mol. The van der Waals surface area contributed by atoms with Crippen molar-refractivity contribution in [3.05, 3.63) is 64.0 Å². The number of carbonyl (C=O) groups excluding carboxylic acids is 1. The van der Waals surface area contributed by atoms with Crippen molar-refractivity contribution in [3.63, 3.8) is 0 Å². The lowest BCUT2D eigenvalue weighted by atomic mass is 10.1. The van der Waals surface area contributed by atoms with Crippen molar-refractivity contribution in [1.82, 2.24) is 0 Å². The predicted molar refractivity (Wildman–Crippen MR) is 70.8 cm³/mol. The number of furan rings is 1. The molecule has 0 amide bonds. The molecular formula is C14H8BrNO2. The van der Waals surface area contributed by atoms with Crippen LogP contribution in [-0.4, -0.2) is 5.78 Å². The van der Waals surface area contributed by atoms with Crippen molar-refractivity contribution < 1.29 is 9.21 Å². The van der Waals surface area contributed by atoms with Crippen LogP contribution in [0.3, 0.4) is 0 Å². The van der Waals surface area contributed by atoms with Gasteiger partial charge in [0.15, 0.2) is 5.76 Å². The Kier molecular flexibility index (Phi) is 3.75. The van der Waals surface area contributed by atoms with Crippen molar-refractivity contribution in [1.29, 1.82) is 5.26 Å². The molecule has 18 heavy (non-hydrogen) atoms. The number of ketones is 1. The average Bonchev–Trinajstić information content (AvgIpc) is 2.91. The molecule has 0 aliphatic carbocycles. The first-order valence-corrected chi connectivity index (χ1v) is 5.95. The SMILES string of the molecule is N#C/C(=C\c1ccc(Br)cc1)C(=O)c1ccco1. The highest BCUT2D eigenvalue weighted by molar-refractivity contribution is 9.10. The summed E-state index contributed by atoms with van der Waals surface area (Å²) in [5.41, 5.74) is 0.835. The van der Waals surface area contributed by atoms with E-state index in [0.29, 0.717) is 0 Å². The van der Waals surface area contributed by atoms with Crippen LogP contribution in [0.5, 0.6) is 0 Å². The Morgan fingerprint density at radius 2 is 2.00 bits per heavy atom. The van der Waals surface area contributed by atoms with Crippen LogP contribution in [0.25, 0.3) is 6.08 Å². The van der Waals surface area contributed by atoms with Crippen molar-refractivity contribution >= 4 is 27.8 Å². The molecule has 0 atom stereocenters. The third-order valence-electron chi connectivity index (χ3n) is 2.29. The van der Waals surface area contributed by atoms with Crippen LogP contribution < -0.4 is 0 Å². The van der Waals surface area contributed by atoms with Crippen LogP contribution in [0.2, 0.25) is 0 Å². The second-order valence-corrected chi connectivity index (χ2v) is 4.44. The number of hydrogen-bond acceptors (Lipinski definition) is 3. The second kappa shape index (κ2) is 5.48. The standard InChI is InChI=1S/C14H8BrNO2/c15-12-5-3-10(4-6-12)8-11(9-16)14(17)13-2-1-7-18-13/h1-8H/b11-8+. The van der Waals surface area contributed by atoms with Gasteiger partial charge in [0.05, 0.1) is 6.26 Å². The van der Waals surface area contributed by atoms with Crippen LogP contribution in [0.4, 0.5) is 0 Å². The summed E-state index contributed by atoms with van der Waals surface area (Å²) in [6.45, 7) is 0. The van der Waals surface area contributed by atoms with Gasteiger partial charge in [0.1, 0.15) is 11.6 Å². The van der Waals surface area contributed by atoms with Crippen LogP contribution in [0.1, 0.15) is 16.1 Å². The van der Waals surface area contributed by atoms with Gasteiger partial charge >= 0.3 is 0 Å². The minimum atomic E-state index is -0.412. The highest BCUT2D eigenvalue weighted by Gasteiger charge is 2.14. The number of Topliss-reactive ketones (excluding diaryl/α,β-unsaturated/α-hetero) is 1. The molecule has 2 aromatic rings. The number of allylic oxidation sites excluding steroid dienone is 1. The molecule has 1 aromatic heterocycles. The van der Waals surface area contributed by atoms with E-state index in [1.54, 1.807) is 6.07 Å². The van der Waals surface area contributed by atoms with E-state index < -0.39 is 5.78 Å². The van der Waals surface area contributed by atoms with Crippen LogP contribution >= 0.6 is 15.9 Å². The molecule has 2 rings (SSSR count). The fourth-order valence-electron chi connectivity index (χ4n) is 1.41. The molecule has 0 bridgehead atoms. The molecule has 0 fully saturated rings. The number of carbonyl (C=O) groups is 1. The van der Waals surface area contributed by atoms with Gasteiger partial charge in [-0.05, 0) is 35.9 Å². The van der Waals surface area contributed by atoms with Crippen LogP contribution in [0, 0.1) is 11.3 Å². The first kappa shape index (κ1) is 12.3. The number of nitriles is 1. The summed E-state index contributed by atoms with van der Waals surface area (Å²) in [4.78, 5) is 11.9. The third-order valence-corrected chi connectivity index (χ3v) is 2.82. The van der Waals surface area contributed by atoms with Gasteiger partial charge in [-0.1, -0.05) is 28.1 Å². The van der Waals surface area contributed by atoms with Gasteiger partial charge < -0.3 is 4.42 Å². The van der Waals surface area contributed by atoms with Crippen molar-refractivity contribution in [2.45, 2.75) is 0 Å². The molecule has 0 N–H and O–H groups in total. The van der Waals surface area contributed by atoms with Gasteiger partial charge in [-0.3, -0.25) is 4.79 Å². The van der Waals surface area contributed by atoms with E-state index in [9.17, 15) is 4.79 Å². The van der Waals surface area contributed by atoms with Gasteiger partial charge in [0.2, 0.25) is 5.78 Å². The molecule has 0 unspecified atom stereocenters. The zero-order chi connectivity index (χ0) is 13.0. The van der Waals surface area contributed by atoms with E-state index >= 15 is 0 Å². The van der Waals surface area contributed by atoms with Crippen molar-refractivity contribution in [3.8, 4) is 6.07 Å². The Bertz CT molecular complexity index is 619. The molecule has 0 radical (unpaired) electrons. The van der Waals surface area contributed by atoms with Gasteiger partial charge in [-0.2, -0.15) is 5.26 Å². The summed E-state index contributed by atoms with van der Waals surface area (Å²) >= 11 is 3.32. The summed E-state index contributed by atoms with van der Waals surface area (Å²) in [7, 11) is 0. The predicted octanol–water partition coefficient (Wildman–Crippen LogP) is 3.83. The van der Waals surface area contributed by atoms with Crippen molar-refractivity contribution in [2.24, 2.45) is 0 Å². The molecule has 0 aliphatic rings. The average molecular weight is 302 g/mol. The van der Waals surface area contributed by atoms with E-state index in [0.717, 1.165) is 10.0 Å². The topological polar surface area (TPSA) is 54.0 Å². The third kappa shape index (κ3) is 2.76. The zero-order valence-corrected chi connectivity index (χ0v) is 10.8. The first-order valence-electron chi connectivity index (χ1n) is 5.16. The summed E-state index contributed by atoms with van der Waals surface area (Å²) in [6.07, 6.45) is 2.94. The smallest absolute Gasteiger partial charge is 0.238 e. The van der Waals surface area contributed by atoms with Gasteiger partial charge in [-0.15, -0.1) is 0 Å². The Labute approximate surface area is 112 Å². The molecule has 4 heteroatoms. The maximum Gasteiger partial charge on any atom is 0.238 e. The largest absolute Gasteiger partial charge is 0.461 e. The molecule has 3 nitrogen and oxygen atoms in total. The summed E-state index contributed by atoms with van der Waals surface area (Å²) in [5.74, 6) is -0.245. The van der Waals surface area contributed by atoms with Gasteiger partial charge in [0.25, 0.3) is 0 Å². The van der Waals surface area contributed by atoms with Crippen LogP contribution in [0.15, 0.2) is 57.1 Å². The van der Waals surface area contributed by atoms with E-state index in [1.807, 2.05) is 30.3 Å². The van der Waals surface area contributed by atoms with E-state index in [2.05, 4.69) is 15.9 Å². The molecule has 0 aliphatic heterocycles. The minimum absolute atomic E-state index is 0.0484. The number of halogens is 1. The van der Waals surface area contributed by atoms with E-state index in [-0.39, 0.29) is 11.3 Å². The molecule has 0 saturated heterocycles. The Morgan fingerprint density at radius 3 is 2.56 bits per heavy atom. The summed E-state index contributed by atoms with van der Waals surface area (Å²) < 4.78 is 5.93. The molecule has 88 valence electrons. The molecule has 1 heterocycles.